The van der Waals surface area contributed by atoms with Crippen LogP contribution in [0.2, 0.25) is 0 Å². The van der Waals surface area contributed by atoms with Gasteiger partial charge in [-0.1, -0.05) is 6.07 Å². The van der Waals surface area contributed by atoms with Crippen LogP contribution in [0.25, 0.3) is 0 Å². The van der Waals surface area contributed by atoms with Crippen molar-refractivity contribution in [2.24, 2.45) is 0 Å². The summed E-state index contributed by atoms with van der Waals surface area (Å²) in [5, 5.41) is 10.4. The minimum absolute atomic E-state index is 0.0341. The Morgan fingerprint density at radius 3 is 2.77 bits per heavy atom. The van der Waals surface area contributed by atoms with Crippen molar-refractivity contribution in [1.29, 1.82) is 0 Å². The van der Waals surface area contributed by atoms with Gasteiger partial charge in [-0.05, 0) is 25.0 Å². The molecule has 1 aromatic heterocycles. The SMILES string of the molecule is C[C@@H]1COC[C@H]2Cn3cc(C(=O)CCc4ccc(F)cc4F)c(=O)c(O)c3C(=O)N21. The summed E-state index contributed by atoms with van der Waals surface area (Å²) in [7, 11) is 0. The maximum atomic E-state index is 13.8. The Hall–Kier alpha value is -3.07. The first kappa shape index (κ1) is 20.2. The molecule has 0 radical (unpaired) electrons. The smallest absolute Gasteiger partial charge is 0.275 e. The number of fused-ring (bicyclic) bond motifs is 2. The van der Waals surface area contributed by atoms with Crippen LogP contribution in [0.5, 0.6) is 5.75 Å². The predicted octanol–water partition coefficient (Wildman–Crippen LogP) is 1.89. The third-order valence-electron chi connectivity index (χ3n) is 5.58. The first-order chi connectivity index (χ1) is 14.3. The number of rotatable bonds is 4. The van der Waals surface area contributed by atoms with Gasteiger partial charge in [0.05, 0.1) is 30.9 Å². The number of hydrogen-bond acceptors (Lipinski definition) is 5. The Bertz CT molecular complexity index is 1100. The van der Waals surface area contributed by atoms with Crippen molar-refractivity contribution in [2.75, 3.05) is 13.2 Å². The molecule has 1 fully saturated rings. The van der Waals surface area contributed by atoms with Gasteiger partial charge in [0.1, 0.15) is 11.6 Å². The van der Waals surface area contributed by atoms with Crippen LogP contribution >= 0.6 is 0 Å². The molecule has 2 aromatic rings. The molecule has 0 bridgehead atoms. The molecule has 0 spiro atoms. The summed E-state index contributed by atoms with van der Waals surface area (Å²) >= 11 is 0. The number of benzene rings is 1. The lowest BCUT2D eigenvalue weighted by Crippen LogP contribution is -2.58. The van der Waals surface area contributed by atoms with Crippen molar-refractivity contribution >= 4 is 11.7 Å². The van der Waals surface area contributed by atoms with Crippen LogP contribution < -0.4 is 5.43 Å². The highest BCUT2D eigenvalue weighted by Gasteiger charge is 2.40. The van der Waals surface area contributed by atoms with Gasteiger partial charge in [0, 0.05) is 25.2 Å². The van der Waals surface area contributed by atoms with Crippen molar-refractivity contribution in [2.45, 2.75) is 38.4 Å². The van der Waals surface area contributed by atoms with E-state index in [1.807, 2.05) is 6.92 Å². The number of halogens is 2. The molecule has 0 aliphatic carbocycles. The number of pyridine rings is 1. The second-order valence-electron chi connectivity index (χ2n) is 7.63. The number of carbonyl (C=O) groups is 2. The summed E-state index contributed by atoms with van der Waals surface area (Å²) in [5.74, 6) is -3.34. The molecule has 0 unspecified atom stereocenters. The Morgan fingerprint density at radius 1 is 1.27 bits per heavy atom. The monoisotopic (exact) mass is 418 g/mol. The van der Waals surface area contributed by atoms with Crippen molar-refractivity contribution < 1.29 is 28.2 Å². The van der Waals surface area contributed by atoms with E-state index in [9.17, 15) is 28.3 Å². The van der Waals surface area contributed by atoms with E-state index in [0.29, 0.717) is 13.2 Å². The standard InChI is InChI=1S/C21H20F2N2O5/c1-11-9-30-10-14-7-24-8-15(19(27)20(28)18(24)21(29)25(11)14)17(26)5-3-12-2-4-13(22)6-16(12)23/h2,4,6,8,11,14,28H,3,5,7,9-10H2,1H3/t11-,14-/m1/s1. The van der Waals surface area contributed by atoms with Gasteiger partial charge < -0.3 is 19.3 Å². The Labute approximate surface area is 170 Å². The lowest BCUT2D eigenvalue weighted by molar-refractivity contribution is -0.0416. The number of hydrogen-bond donors (Lipinski definition) is 1. The van der Waals surface area contributed by atoms with E-state index in [0.717, 1.165) is 12.1 Å². The van der Waals surface area contributed by atoms with E-state index in [2.05, 4.69) is 0 Å². The van der Waals surface area contributed by atoms with Crippen molar-refractivity contribution in [3.8, 4) is 5.75 Å². The molecular formula is C21H20F2N2O5. The number of ether oxygens (including phenoxy) is 1. The molecule has 2 aliphatic rings. The van der Waals surface area contributed by atoms with E-state index in [4.69, 9.17) is 4.74 Å². The van der Waals surface area contributed by atoms with Crippen LogP contribution in [-0.2, 0) is 17.7 Å². The van der Waals surface area contributed by atoms with Gasteiger partial charge in [0.2, 0.25) is 5.43 Å². The molecule has 7 nitrogen and oxygen atoms in total. The number of ketones is 1. The van der Waals surface area contributed by atoms with Gasteiger partial charge in [0.25, 0.3) is 5.91 Å². The number of aromatic nitrogens is 1. The van der Waals surface area contributed by atoms with Crippen LogP contribution in [-0.4, -0.2) is 51.6 Å². The van der Waals surface area contributed by atoms with Crippen LogP contribution in [0.15, 0.2) is 29.2 Å². The molecular weight excluding hydrogens is 398 g/mol. The zero-order valence-corrected chi connectivity index (χ0v) is 16.2. The van der Waals surface area contributed by atoms with Gasteiger partial charge >= 0.3 is 0 Å². The molecule has 0 saturated carbocycles. The summed E-state index contributed by atoms with van der Waals surface area (Å²) in [4.78, 5) is 39.7. The highest BCUT2D eigenvalue weighted by atomic mass is 19.1. The molecule has 1 amide bonds. The van der Waals surface area contributed by atoms with E-state index < -0.39 is 34.5 Å². The average molecular weight is 418 g/mol. The third-order valence-corrected chi connectivity index (χ3v) is 5.58. The quantitative estimate of drug-likeness (QED) is 0.766. The number of nitrogens with zero attached hydrogens (tertiary/aromatic N) is 2. The van der Waals surface area contributed by atoms with Gasteiger partial charge in [-0.2, -0.15) is 0 Å². The van der Waals surface area contributed by atoms with E-state index >= 15 is 0 Å². The first-order valence-corrected chi connectivity index (χ1v) is 9.62. The summed E-state index contributed by atoms with van der Waals surface area (Å²) in [6.07, 6.45) is 1.03. The van der Waals surface area contributed by atoms with Crippen LogP contribution in [0.4, 0.5) is 8.78 Å². The zero-order valence-electron chi connectivity index (χ0n) is 16.2. The third kappa shape index (κ3) is 3.39. The maximum absolute atomic E-state index is 13.8. The van der Waals surface area contributed by atoms with Crippen LogP contribution in [0, 0.1) is 11.6 Å². The first-order valence-electron chi connectivity index (χ1n) is 9.62. The molecule has 158 valence electrons. The number of aryl methyl sites for hydroxylation is 1. The van der Waals surface area contributed by atoms with Gasteiger partial charge in [-0.3, -0.25) is 14.4 Å². The number of carbonyl (C=O) groups excluding carboxylic acids is 2. The largest absolute Gasteiger partial charge is 0.503 e. The normalized spacial score (nSPS) is 20.6. The molecule has 2 atom stereocenters. The summed E-state index contributed by atoms with van der Waals surface area (Å²) < 4.78 is 33.7. The Kier molecular flexibility index (Phi) is 5.15. The van der Waals surface area contributed by atoms with E-state index in [-0.39, 0.29) is 48.3 Å². The van der Waals surface area contributed by atoms with E-state index in [1.54, 1.807) is 4.90 Å². The molecule has 9 heteroatoms. The number of amides is 1. The fourth-order valence-electron chi connectivity index (χ4n) is 4.08. The van der Waals surface area contributed by atoms with Crippen molar-refractivity contribution in [3.63, 3.8) is 0 Å². The molecule has 30 heavy (non-hydrogen) atoms. The second-order valence-corrected chi connectivity index (χ2v) is 7.63. The maximum Gasteiger partial charge on any atom is 0.275 e. The van der Waals surface area contributed by atoms with Crippen LogP contribution in [0.3, 0.4) is 0 Å². The molecule has 4 rings (SSSR count). The molecule has 1 aromatic carbocycles. The summed E-state index contributed by atoms with van der Waals surface area (Å²) in [6.45, 7) is 2.77. The van der Waals surface area contributed by atoms with E-state index in [1.165, 1.54) is 16.8 Å². The molecule has 1 saturated heterocycles. The minimum atomic E-state index is -0.932. The fourth-order valence-corrected chi connectivity index (χ4v) is 4.08. The predicted molar refractivity (Wildman–Crippen MR) is 102 cm³/mol. The lowest BCUT2D eigenvalue weighted by Gasteiger charge is -2.44. The van der Waals surface area contributed by atoms with Gasteiger partial charge in [-0.15, -0.1) is 0 Å². The van der Waals surface area contributed by atoms with Gasteiger partial charge in [0.15, 0.2) is 17.2 Å². The molecule has 3 heterocycles. The molecule has 1 N–H and O–H groups in total. The second kappa shape index (κ2) is 7.64. The average Bonchev–Trinajstić information content (AvgIpc) is 2.69. The summed E-state index contributed by atoms with van der Waals surface area (Å²) in [6, 6.07) is 2.59. The lowest BCUT2D eigenvalue weighted by atomic mass is 10.0. The Balaban J connectivity index is 1.63. The van der Waals surface area contributed by atoms with Crippen molar-refractivity contribution in [1.82, 2.24) is 9.47 Å². The summed E-state index contributed by atoms with van der Waals surface area (Å²) in [5.41, 5.74) is -1.21. The Morgan fingerprint density at radius 2 is 2.03 bits per heavy atom. The highest BCUT2D eigenvalue weighted by molar-refractivity contribution is 6.00. The highest BCUT2D eigenvalue weighted by Crippen LogP contribution is 2.28. The number of aromatic hydroxyl groups is 1. The molecule has 2 aliphatic heterocycles. The van der Waals surface area contributed by atoms with Crippen LogP contribution in [0.1, 0.15) is 39.8 Å². The number of Topliss-reactive ketones (excluding diaryl/α,β-unsaturated/α-hetero) is 1. The van der Waals surface area contributed by atoms with Crippen molar-refractivity contribution in [3.05, 3.63) is 63.1 Å². The topological polar surface area (TPSA) is 88.8 Å². The zero-order chi connectivity index (χ0) is 21.6. The van der Waals surface area contributed by atoms with Gasteiger partial charge in [-0.25, -0.2) is 8.78 Å². The number of morpholine rings is 1. The fraction of sp³-hybridized carbons (Fsp3) is 0.381. The minimum Gasteiger partial charge on any atom is -0.503 e.